The van der Waals surface area contributed by atoms with Crippen molar-refractivity contribution in [3.63, 3.8) is 0 Å². The van der Waals surface area contributed by atoms with Gasteiger partial charge in [0.15, 0.2) is 5.65 Å². The molecule has 2 radical (unpaired) electrons. The SMILES string of the molecule is [B]c1cnn2c(NC3CCN(S(=O)(=O)c4ccccc4C#N)CC3)cc(-c3ccccc3Cl)nc12. The molecule has 2 aromatic heterocycles. The van der Waals surface area contributed by atoms with Crippen LogP contribution in [-0.2, 0) is 10.0 Å². The van der Waals surface area contributed by atoms with Gasteiger partial charge in [-0.2, -0.15) is 19.2 Å². The third-order valence-electron chi connectivity index (χ3n) is 6.08. The molecule has 35 heavy (non-hydrogen) atoms. The lowest BCUT2D eigenvalue weighted by Crippen LogP contribution is -2.42. The molecule has 1 fully saturated rings. The summed E-state index contributed by atoms with van der Waals surface area (Å²) in [6.07, 6.45) is 2.71. The maximum atomic E-state index is 13.1. The Morgan fingerprint density at radius 3 is 2.57 bits per heavy atom. The number of hydrogen-bond donors (Lipinski definition) is 1. The second kappa shape index (κ2) is 9.34. The van der Waals surface area contributed by atoms with E-state index in [1.54, 1.807) is 28.9 Å². The van der Waals surface area contributed by atoms with E-state index in [9.17, 15) is 13.7 Å². The van der Waals surface area contributed by atoms with Crippen molar-refractivity contribution in [1.82, 2.24) is 18.9 Å². The van der Waals surface area contributed by atoms with E-state index in [-0.39, 0.29) is 16.5 Å². The zero-order valence-electron chi connectivity index (χ0n) is 18.6. The Labute approximate surface area is 209 Å². The first-order valence-corrected chi connectivity index (χ1v) is 12.9. The molecule has 0 unspecified atom stereocenters. The van der Waals surface area contributed by atoms with E-state index >= 15 is 0 Å². The number of anilines is 1. The van der Waals surface area contributed by atoms with Crippen molar-refractivity contribution in [2.45, 2.75) is 23.8 Å². The van der Waals surface area contributed by atoms with Crippen molar-refractivity contribution in [2.75, 3.05) is 18.4 Å². The Balaban J connectivity index is 1.39. The van der Waals surface area contributed by atoms with Gasteiger partial charge in [-0.05, 0) is 36.5 Å². The summed E-state index contributed by atoms with van der Waals surface area (Å²) in [5.41, 5.74) is 2.54. The first-order chi connectivity index (χ1) is 16.9. The Hall–Kier alpha value is -3.39. The first-order valence-electron chi connectivity index (χ1n) is 11.0. The third kappa shape index (κ3) is 4.38. The molecule has 0 amide bonds. The van der Waals surface area contributed by atoms with Crippen LogP contribution in [0.15, 0.2) is 65.7 Å². The Morgan fingerprint density at radius 1 is 1.11 bits per heavy atom. The van der Waals surface area contributed by atoms with Gasteiger partial charge in [0.25, 0.3) is 0 Å². The smallest absolute Gasteiger partial charge is 0.244 e. The Bertz CT molecular complexity index is 1560. The second-order valence-electron chi connectivity index (χ2n) is 8.27. The zero-order chi connectivity index (χ0) is 24.6. The summed E-state index contributed by atoms with van der Waals surface area (Å²) in [6, 6.07) is 17.6. The number of nitrogens with one attached hydrogen (secondary N) is 1. The fraction of sp³-hybridized carbons (Fsp3) is 0.208. The van der Waals surface area contributed by atoms with Crippen molar-refractivity contribution in [3.8, 4) is 17.3 Å². The Kier molecular flexibility index (Phi) is 6.23. The van der Waals surface area contributed by atoms with Crippen LogP contribution in [0.1, 0.15) is 18.4 Å². The van der Waals surface area contributed by atoms with E-state index in [4.69, 9.17) is 19.4 Å². The molecular formula is C24H20BClN6O2S. The molecule has 5 rings (SSSR count). The summed E-state index contributed by atoms with van der Waals surface area (Å²) in [4.78, 5) is 4.69. The number of sulfonamides is 1. The number of benzene rings is 2. The van der Waals surface area contributed by atoms with Crippen molar-refractivity contribution in [2.24, 2.45) is 0 Å². The summed E-state index contributed by atoms with van der Waals surface area (Å²) in [5, 5.41) is 17.7. The van der Waals surface area contributed by atoms with Crippen LogP contribution in [0.25, 0.3) is 16.9 Å². The highest BCUT2D eigenvalue weighted by atomic mass is 35.5. The lowest BCUT2D eigenvalue weighted by molar-refractivity contribution is 0.329. The number of nitriles is 1. The lowest BCUT2D eigenvalue weighted by Gasteiger charge is -2.32. The van der Waals surface area contributed by atoms with Crippen LogP contribution >= 0.6 is 11.6 Å². The van der Waals surface area contributed by atoms with Crippen molar-refractivity contribution < 1.29 is 8.42 Å². The lowest BCUT2D eigenvalue weighted by atomic mass is 10.0. The highest BCUT2D eigenvalue weighted by Gasteiger charge is 2.31. The molecule has 174 valence electrons. The molecule has 3 heterocycles. The highest BCUT2D eigenvalue weighted by molar-refractivity contribution is 7.89. The van der Waals surface area contributed by atoms with E-state index in [0.717, 1.165) is 5.56 Å². The van der Waals surface area contributed by atoms with Crippen LogP contribution in [0, 0.1) is 11.3 Å². The number of halogens is 1. The Morgan fingerprint density at radius 2 is 1.83 bits per heavy atom. The summed E-state index contributed by atoms with van der Waals surface area (Å²) in [7, 11) is 2.35. The summed E-state index contributed by atoms with van der Waals surface area (Å²) in [5.74, 6) is 0.692. The van der Waals surface area contributed by atoms with Gasteiger partial charge in [-0.25, -0.2) is 13.4 Å². The number of fused-ring (bicyclic) bond motifs is 1. The van der Waals surface area contributed by atoms with Gasteiger partial charge in [0.1, 0.15) is 19.7 Å². The second-order valence-corrected chi connectivity index (χ2v) is 10.6. The van der Waals surface area contributed by atoms with Crippen LogP contribution in [0.2, 0.25) is 5.02 Å². The van der Waals surface area contributed by atoms with Gasteiger partial charge in [0.2, 0.25) is 10.0 Å². The monoisotopic (exact) mass is 502 g/mol. The fourth-order valence-corrected chi connectivity index (χ4v) is 6.11. The molecule has 0 aliphatic carbocycles. The van der Waals surface area contributed by atoms with Crippen LogP contribution in [0.3, 0.4) is 0 Å². The van der Waals surface area contributed by atoms with Gasteiger partial charge in [-0.15, -0.1) is 0 Å². The molecule has 2 aromatic carbocycles. The van der Waals surface area contributed by atoms with Crippen molar-refractivity contribution in [3.05, 3.63) is 71.4 Å². The number of nitrogens with zero attached hydrogens (tertiary/aromatic N) is 5. The van der Waals surface area contributed by atoms with E-state index in [0.29, 0.717) is 53.6 Å². The van der Waals surface area contributed by atoms with E-state index in [1.807, 2.05) is 30.3 Å². The number of hydrogen-bond acceptors (Lipinski definition) is 6. The highest BCUT2D eigenvalue weighted by Crippen LogP contribution is 2.29. The van der Waals surface area contributed by atoms with Gasteiger partial charge in [0, 0.05) is 42.0 Å². The summed E-state index contributed by atoms with van der Waals surface area (Å²) < 4.78 is 29.4. The van der Waals surface area contributed by atoms with Crippen molar-refractivity contribution in [1.29, 1.82) is 5.26 Å². The molecule has 0 atom stereocenters. The van der Waals surface area contributed by atoms with Gasteiger partial charge >= 0.3 is 0 Å². The standard InChI is InChI=1S/C24H20BClN6O2S/c25-19-15-28-32-23(13-21(30-24(19)32)18-6-2-3-7-20(18)26)29-17-9-11-31(12-10-17)35(33,34)22-8-4-1-5-16(22)14-27/h1-8,13,15,17,29H,9-12H2. The number of rotatable bonds is 5. The minimum atomic E-state index is -3.76. The average Bonchev–Trinajstić information content (AvgIpc) is 3.25. The topological polar surface area (TPSA) is 103 Å². The molecule has 0 saturated carbocycles. The zero-order valence-corrected chi connectivity index (χ0v) is 20.2. The first kappa shape index (κ1) is 23.4. The van der Waals surface area contributed by atoms with Gasteiger partial charge in [0.05, 0.1) is 16.2 Å². The summed E-state index contributed by atoms with van der Waals surface area (Å²) in [6.45, 7) is 0.652. The van der Waals surface area contributed by atoms with E-state index < -0.39 is 10.0 Å². The van der Waals surface area contributed by atoms with E-state index in [1.165, 1.54) is 16.4 Å². The van der Waals surface area contributed by atoms with Crippen LogP contribution < -0.4 is 10.8 Å². The minimum Gasteiger partial charge on any atom is -0.367 e. The van der Waals surface area contributed by atoms with E-state index in [2.05, 4.69) is 15.4 Å². The van der Waals surface area contributed by atoms with Crippen LogP contribution in [0.4, 0.5) is 5.82 Å². The molecule has 1 N–H and O–H groups in total. The van der Waals surface area contributed by atoms with Crippen molar-refractivity contribution >= 4 is 46.4 Å². The molecule has 8 nitrogen and oxygen atoms in total. The predicted octanol–water partition coefficient (Wildman–Crippen LogP) is 2.98. The van der Waals surface area contributed by atoms with Crippen LogP contribution in [-0.4, -0.2) is 54.3 Å². The fourth-order valence-electron chi connectivity index (χ4n) is 4.26. The quantitative estimate of drug-likeness (QED) is 0.421. The predicted molar refractivity (Wildman–Crippen MR) is 135 cm³/mol. The molecule has 1 aliphatic rings. The van der Waals surface area contributed by atoms with Gasteiger partial charge < -0.3 is 5.32 Å². The minimum absolute atomic E-state index is 0.00257. The molecule has 4 aromatic rings. The molecule has 1 saturated heterocycles. The normalized spacial score (nSPS) is 15.2. The number of piperidine rings is 1. The summed E-state index contributed by atoms with van der Waals surface area (Å²) >= 11 is 6.40. The third-order valence-corrected chi connectivity index (χ3v) is 8.37. The largest absolute Gasteiger partial charge is 0.367 e. The molecule has 11 heteroatoms. The molecule has 0 spiro atoms. The average molecular weight is 503 g/mol. The van der Waals surface area contributed by atoms with Gasteiger partial charge in [-0.3, -0.25) is 0 Å². The maximum absolute atomic E-state index is 13.1. The molecule has 0 bridgehead atoms. The van der Waals surface area contributed by atoms with Crippen LogP contribution in [0.5, 0.6) is 0 Å². The van der Waals surface area contributed by atoms with Gasteiger partial charge in [-0.1, -0.05) is 41.9 Å². The molecular weight excluding hydrogens is 483 g/mol. The maximum Gasteiger partial charge on any atom is 0.244 e. The molecule has 1 aliphatic heterocycles. The number of aromatic nitrogens is 3.